The molecule has 3 heteroatoms. The first-order valence-electron chi connectivity index (χ1n) is 8.08. The third-order valence-corrected chi connectivity index (χ3v) is 4.57. The van der Waals surface area contributed by atoms with Gasteiger partial charge in [0.2, 0.25) is 0 Å². The molecule has 0 saturated carbocycles. The van der Waals surface area contributed by atoms with Gasteiger partial charge in [0.05, 0.1) is 11.6 Å². The van der Waals surface area contributed by atoms with Crippen LogP contribution in [0.2, 0.25) is 0 Å². The Morgan fingerprint density at radius 3 is 2.76 bits per heavy atom. The van der Waals surface area contributed by atoms with Crippen LogP contribution in [-0.2, 0) is 0 Å². The van der Waals surface area contributed by atoms with Crippen LogP contribution in [0, 0.1) is 17.2 Å². The molecular weight excluding hydrogens is 258 g/mol. The fourth-order valence-electron chi connectivity index (χ4n) is 3.61. The largest absolute Gasteiger partial charge is 0.319 e. The maximum absolute atomic E-state index is 9.48. The first-order valence-corrected chi connectivity index (χ1v) is 8.08. The van der Waals surface area contributed by atoms with Crippen molar-refractivity contribution in [1.29, 1.82) is 5.26 Å². The smallest absolute Gasteiger partial charge is 0.0995 e. The Morgan fingerprint density at radius 1 is 1.33 bits per heavy atom. The Morgan fingerprint density at radius 2 is 2.10 bits per heavy atom. The molecule has 1 aromatic rings. The summed E-state index contributed by atoms with van der Waals surface area (Å²) in [5, 5.41) is 12.8. The maximum Gasteiger partial charge on any atom is 0.0995 e. The van der Waals surface area contributed by atoms with Crippen molar-refractivity contribution < 1.29 is 0 Å². The Kier molecular flexibility index (Phi) is 5.78. The lowest BCUT2D eigenvalue weighted by molar-refractivity contribution is 0.118. The van der Waals surface area contributed by atoms with Crippen LogP contribution >= 0.6 is 0 Å². The van der Waals surface area contributed by atoms with Gasteiger partial charge in [-0.1, -0.05) is 24.6 Å². The lowest BCUT2D eigenvalue weighted by Crippen LogP contribution is -2.40. The van der Waals surface area contributed by atoms with Crippen LogP contribution in [-0.4, -0.2) is 31.1 Å². The number of hydrogen-bond donors (Lipinski definition) is 1. The quantitative estimate of drug-likeness (QED) is 0.922. The minimum atomic E-state index is 0.343. The van der Waals surface area contributed by atoms with Crippen molar-refractivity contribution >= 4 is 0 Å². The summed E-state index contributed by atoms with van der Waals surface area (Å²) in [6.07, 6.45) is 3.76. The highest BCUT2D eigenvalue weighted by Gasteiger charge is 2.33. The van der Waals surface area contributed by atoms with E-state index in [4.69, 9.17) is 0 Å². The van der Waals surface area contributed by atoms with Gasteiger partial charge in [-0.15, -0.1) is 0 Å². The molecule has 1 N–H and O–H groups in total. The van der Waals surface area contributed by atoms with Crippen LogP contribution < -0.4 is 5.32 Å². The predicted octanol–water partition coefficient (Wildman–Crippen LogP) is 3.33. The number of likely N-dealkylation sites (tertiary alicyclic amines) is 1. The third kappa shape index (κ3) is 3.64. The molecule has 3 nitrogen and oxygen atoms in total. The summed E-state index contributed by atoms with van der Waals surface area (Å²) in [7, 11) is 2.03. The van der Waals surface area contributed by atoms with E-state index >= 15 is 0 Å². The predicted molar refractivity (Wildman–Crippen MR) is 87.0 cm³/mol. The fraction of sp³-hybridized carbons (Fsp3) is 0.611. The van der Waals surface area contributed by atoms with Gasteiger partial charge >= 0.3 is 0 Å². The zero-order valence-corrected chi connectivity index (χ0v) is 13.5. The molecule has 2 unspecified atom stereocenters. The number of hydrogen-bond acceptors (Lipinski definition) is 3. The van der Waals surface area contributed by atoms with Crippen LogP contribution in [0.4, 0.5) is 0 Å². The topological polar surface area (TPSA) is 39.1 Å². The zero-order valence-electron chi connectivity index (χ0n) is 13.5. The van der Waals surface area contributed by atoms with Crippen molar-refractivity contribution in [2.45, 2.75) is 45.2 Å². The second-order valence-electron chi connectivity index (χ2n) is 6.29. The second-order valence-corrected chi connectivity index (χ2v) is 6.29. The van der Waals surface area contributed by atoms with Crippen molar-refractivity contribution in [1.82, 2.24) is 10.2 Å². The molecule has 21 heavy (non-hydrogen) atoms. The van der Waals surface area contributed by atoms with E-state index in [1.165, 1.54) is 24.8 Å². The minimum Gasteiger partial charge on any atom is -0.319 e. The van der Waals surface area contributed by atoms with Crippen LogP contribution in [0.3, 0.4) is 0 Å². The van der Waals surface area contributed by atoms with Crippen molar-refractivity contribution in [2.24, 2.45) is 5.92 Å². The Balaban J connectivity index is 2.45. The molecule has 114 valence electrons. The summed E-state index contributed by atoms with van der Waals surface area (Å²) < 4.78 is 0. The molecule has 2 rings (SSSR count). The molecule has 1 aromatic carbocycles. The van der Waals surface area contributed by atoms with Crippen LogP contribution in [0.15, 0.2) is 24.3 Å². The maximum atomic E-state index is 9.48. The molecule has 0 bridgehead atoms. The summed E-state index contributed by atoms with van der Waals surface area (Å²) in [6, 6.07) is 11.4. The Hall–Kier alpha value is -1.37. The lowest BCUT2D eigenvalue weighted by Gasteiger charge is -2.38. The summed E-state index contributed by atoms with van der Waals surface area (Å²) in [6.45, 7) is 6.67. The van der Waals surface area contributed by atoms with Gasteiger partial charge in [0.25, 0.3) is 0 Å². The van der Waals surface area contributed by atoms with E-state index < -0.39 is 0 Å². The lowest BCUT2D eigenvalue weighted by atomic mass is 9.86. The van der Waals surface area contributed by atoms with Gasteiger partial charge in [0, 0.05) is 12.1 Å². The molecule has 0 spiro atoms. The number of rotatable bonds is 4. The van der Waals surface area contributed by atoms with Gasteiger partial charge in [0.15, 0.2) is 0 Å². The van der Waals surface area contributed by atoms with E-state index in [0.29, 0.717) is 18.0 Å². The molecule has 0 aliphatic carbocycles. The molecule has 1 fully saturated rings. The Bertz CT molecular complexity index is 489. The van der Waals surface area contributed by atoms with E-state index in [1.54, 1.807) is 0 Å². The average molecular weight is 285 g/mol. The highest BCUT2D eigenvalue weighted by molar-refractivity contribution is 5.40. The molecule has 1 aliphatic rings. The minimum absolute atomic E-state index is 0.343. The van der Waals surface area contributed by atoms with E-state index in [1.807, 2.05) is 19.2 Å². The van der Waals surface area contributed by atoms with Crippen LogP contribution in [0.25, 0.3) is 0 Å². The van der Waals surface area contributed by atoms with Gasteiger partial charge in [-0.2, -0.15) is 5.26 Å². The SMILES string of the molecule is CNCC1CCCCN(C(C)C)C1c1ccccc1C#N. The van der Waals surface area contributed by atoms with E-state index in [9.17, 15) is 5.26 Å². The van der Waals surface area contributed by atoms with E-state index in [-0.39, 0.29) is 0 Å². The highest BCUT2D eigenvalue weighted by Crippen LogP contribution is 2.37. The summed E-state index contributed by atoms with van der Waals surface area (Å²) in [5.74, 6) is 0.564. The molecule has 1 aliphatic heterocycles. The average Bonchev–Trinajstić information content (AvgIpc) is 2.70. The van der Waals surface area contributed by atoms with Crippen molar-refractivity contribution in [2.75, 3.05) is 20.1 Å². The van der Waals surface area contributed by atoms with Crippen molar-refractivity contribution in [3.63, 3.8) is 0 Å². The van der Waals surface area contributed by atoms with Gasteiger partial charge in [-0.05, 0) is 64.4 Å². The third-order valence-electron chi connectivity index (χ3n) is 4.57. The number of nitrogens with zero attached hydrogens (tertiary/aromatic N) is 2. The fourth-order valence-corrected chi connectivity index (χ4v) is 3.61. The normalized spacial score (nSPS) is 23.8. The molecule has 2 atom stereocenters. The summed E-state index contributed by atoms with van der Waals surface area (Å²) >= 11 is 0. The van der Waals surface area contributed by atoms with Crippen molar-refractivity contribution in [3.8, 4) is 6.07 Å². The molecule has 0 radical (unpaired) electrons. The first kappa shape index (κ1) is 16.0. The Labute approximate surface area is 129 Å². The molecule has 0 amide bonds. The highest BCUT2D eigenvalue weighted by atomic mass is 15.2. The van der Waals surface area contributed by atoms with E-state index in [2.05, 4.69) is 42.3 Å². The summed E-state index contributed by atoms with van der Waals surface area (Å²) in [5.41, 5.74) is 2.03. The molecule has 1 saturated heterocycles. The van der Waals surface area contributed by atoms with Gasteiger partial charge in [-0.25, -0.2) is 0 Å². The summed E-state index contributed by atoms with van der Waals surface area (Å²) in [4.78, 5) is 2.59. The number of nitrogens with one attached hydrogen (secondary N) is 1. The number of benzene rings is 1. The van der Waals surface area contributed by atoms with Gasteiger partial charge < -0.3 is 5.32 Å². The monoisotopic (exact) mass is 285 g/mol. The molecule has 0 aromatic heterocycles. The second kappa shape index (κ2) is 7.59. The zero-order chi connectivity index (χ0) is 15.2. The standard InChI is InChI=1S/C18H27N3/c1-14(2)21-11-7-6-9-16(13-20-3)18(21)17-10-5-4-8-15(17)12-19/h4-5,8,10,14,16,18,20H,6-7,9,11,13H2,1-3H3. The van der Waals surface area contributed by atoms with Gasteiger partial charge in [0.1, 0.15) is 0 Å². The molecular formula is C18H27N3. The van der Waals surface area contributed by atoms with Crippen molar-refractivity contribution in [3.05, 3.63) is 35.4 Å². The van der Waals surface area contributed by atoms with Gasteiger partial charge in [-0.3, -0.25) is 4.90 Å². The molecule has 1 heterocycles. The van der Waals surface area contributed by atoms with Crippen LogP contribution in [0.5, 0.6) is 0 Å². The number of nitriles is 1. The van der Waals surface area contributed by atoms with E-state index in [0.717, 1.165) is 18.7 Å². The first-order chi connectivity index (χ1) is 10.2. The van der Waals surface area contributed by atoms with Crippen LogP contribution in [0.1, 0.15) is 50.3 Å².